The van der Waals surface area contributed by atoms with E-state index in [0.717, 1.165) is 29.3 Å². The van der Waals surface area contributed by atoms with E-state index in [1.54, 1.807) is 0 Å². The van der Waals surface area contributed by atoms with Crippen LogP contribution in [0.1, 0.15) is 37.5 Å². The van der Waals surface area contributed by atoms with Crippen molar-refractivity contribution in [3.8, 4) is 22.3 Å². The van der Waals surface area contributed by atoms with E-state index in [-0.39, 0.29) is 5.41 Å². The zero-order valence-corrected chi connectivity index (χ0v) is 26.1. The number of benzene rings is 5. The molecule has 1 aromatic heterocycles. The average molecular weight is 585 g/mol. The van der Waals surface area contributed by atoms with E-state index in [0.29, 0.717) is 0 Å². The molecule has 1 aliphatic heterocycles. The van der Waals surface area contributed by atoms with Gasteiger partial charge in [0.15, 0.2) is 0 Å². The molecule has 0 saturated heterocycles. The quantitative estimate of drug-likeness (QED) is 0.198. The molecule has 0 radical (unpaired) electrons. The van der Waals surface area contributed by atoms with Gasteiger partial charge in [-0.3, -0.25) is 0 Å². The Morgan fingerprint density at radius 1 is 0.600 bits per heavy atom. The van der Waals surface area contributed by atoms with E-state index in [1.165, 1.54) is 38.9 Å². The lowest BCUT2D eigenvalue weighted by Crippen LogP contribution is -2.52. The molecule has 0 saturated carbocycles. The van der Waals surface area contributed by atoms with Gasteiger partial charge in [0.05, 0.1) is 11.4 Å². The second-order valence-electron chi connectivity index (χ2n) is 12.7. The topological polar surface area (TPSA) is 45.4 Å². The van der Waals surface area contributed by atoms with Crippen LogP contribution in [0.25, 0.3) is 22.3 Å². The van der Waals surface area contributed by atoms with Crippen molar-refractivity contribution in [1.29, 1.82) is 0 Å². The number of hydrogen-bond acceptors (Lipinski definition) is 4. The number of hydrogen-bond donors (Lipinski definition) is 1. The van der Waals surface area contributed by atoms with Crippen molar-refractivity contribution in [3.05, 3.63) is 162 Å². The van der Waals surface area contributed by atoms with Crippen LogP contribution in [0.5, 0.6) is 0 Å². The lowest BCUT2D eigenvalue weighted by atomic mass is 9.85. The van der Waals surface area contributed by atoms with Gasteiger partial charge in [-0.05, 0) is 74.7 Å². The number of aromatic nitrogens is 1. The molecule has 4 nitrogen and oxygen atoms in total. The third-order valence-electron chi connectivity index (χ3n) is 8.75. The molecular weight excluding hydrogens is 547 g/mol. The third kappa shape index (κ3) is 5.41. The Hall–Kier alpha value is -5.13. The SMILES string of the molecule is CC(C)(C)c1ccnc(N2B(N)N(c3ccccc3Cc3c(-c4ccccc4)cccc3-c3ccccc3)c3ccccc32)c1. The maximum atomic E-state index is 7.21. The summed E-state index contributed by atoms with van der Waals surface area (Å²) in [5.74, 6) is 0.850. The van der Waals surface area contributed by atoms with E-state index in [9.17, 15) is 0 Å². The molecule has 45 heavy (non-hydrogen) atoms. The van der Waals surface area contributed by atoms with Gasteiger partial charge >= 0.3 is 7.12 Å². The Balaban J connectivity index is 1.35. The Kier molecular flexibility index (Phi) is 7.48. The second-order valence-corrected chi connectivity index (χ2v) is 12.7. The van der Waals surface area contributed by atoms with Crippen LogP contribution in [-0.2, 0) is 11.8 Å². The normalized spacial score (nSPS) is 12.8. The summed E-state index contributed by atoms with van der Waals surface area (Å²) in [7, 11) is -0.468. The zero-order chi connectivity index (χ0) is 31.0. The average Bonchev–Trinajstić information content (AvgIpc) is 3.37. The van der Waals surface area contributed by atoms with Crippen LogP contribution >= 0.6 is 0 Å². The van der Waals surface area contributed by atoms with E-state index in [1.807, 2.05) is 6.20 Å². The standard InChI is InChI=1S/C40H37BN4/c1-40(2,3)32-25-26-43-39(28-32)45-38-24-13-12-23-37(38)44(41(45)42)36-22-11-10-19-31(36)27-35-33(29-15-6-4-7-16-29)20-14-21-34(35)30-17-8-5-9-18-30/h4-26,28H,27,42H2,1-3H3. The first-order valence-electron chi connectivity index (χ1n) is 15.6. The lowest BCUT2D eigenvalue weighted by molar-refractivity contribution is 0.589. The van der Waals surface area contributed by atoms with Gasteiger partial charge in [0.25, 0.3) is 0 Å². The van der Waals surface area contributed by atoms with Crippen molar-refractivity contribution < 1.29 is 0 Å². The minimum Gasteiger partial charge on any atom is -0.349 e. The summed E-state index contributed by atoms with van der Waals surface area (Å²) in [4.78, 5) is 9.24. The van der Waals surface area contributed by atoms with Crippen molar-refractivity contribution in [2.45, 2.75) is 32.6 Å². The van der Waals surface area contributed by atoms with Gasteiger partial charge in [-0.15, -0.1) is 0 Å². The van der Waals surface area contributed by atoms with Crippen LogP contribution in [0.3, 0.4) is 0 Å². The molecule has 6 aromatic rings. The van der Waals surface area contributed by atoms with Crippen molar-refractivity contribution in [1.82, 2.24) is 4.98 Å². The van der Waals surface area contributed by atoms with Gasteiger partial charge in [-0.1, -0.05) is 130 Å². The molecule has 0 fully saturated rings. The first-order valence-corrected chi connectivity index (χ1v) is 15.6. The summed E-state index contributed by atoms with van der Waals surface area (Å²) in [5.41, 5.74) is 19.0. The molecular formula is C40H37BN4. The Morgan fingerprint density at radius 2 is 1.13 bits per heavy atom. The largest absolute Gasteiger partial charge is 0.475 e. The van der Waals surface area contributed by atoms with Gasteiger partial charge in [-0.2, -0.15) is 0 Å². The minimum absolute atomic E-state index is 0.00405. The number of pyridine rings is 1. The van der Waals surface area contributed by atoms with Crippen LogP contribution in [0.4, 0.5) is 22.9 Å². The van der Waals surface area contributed by atoms with Crippen molar-refractivity contribution in [2.24, 2.45) is 5.64 Å². The summed E-state index contributed by atoms with van der Waals surface area (Å²) < 4.78 is 0. The molecule has 2 N–H and O–H groups in total. The van der Waals surface area contributed by atoms with Crippen molar-refractivity contribution in [3.63, 3.8) is 0 Å². The number of fused-ring (bicyclic) bond motifs is 1. The van der Waals surface area contributed by atoms with Crippen LogP contribution in [0.15, 0.2) is 146 Å². The highest BCUT2D eigenvalue weighted by atomic mass is 15.4. The maximum Gasteiger partial charge on any atom is 0.475 e. The molecule has 1 aliphatic rings. The van der Waals surface area contributed by atoms with Gasteiger partial charge in [0, 0.05) is 18.3 Å². The van der Waals surface area contributed by atoms with E-state index >= 15 is 0 Å². The molecule has 5 aromatic carbocycles. The minimum atomic E-state index is -0.468. The fourth-order valence-corrected chi connectivity index (χ4v) is 6.46. The van der Waals surface area contributed by atoms with E-state index in [4.69, 9.17) is 10.6 Å². The molecule has 2 heterocycles. The van der Waals surface area contributed by atoms with Gasteiger partial charge < -0.3 is 15.3 Å². The molecule has 220 valence electrons. The summed E-state index contributed by atoms with van der Waals surface area (Å²) in [6.07, 6.45) is 2.64. The highest BCUT2D eigenvalue weighted by Gasteiger charge is 2.41. The van der Waals surface area contributed by atoms with Crippen molar-refractivity contribution >= 4 is 30.0 Å². The smallest absolute Gasteiger partial charge is 0.349 e. The highest BCUT2D eigenvalue weighted by molar-refractivity contribution is 6.70. The molecule has 0 atom stereocenters. The van der Waals surface area contributed by atoms with E-state index in [2.05, 4.69) is 170 Å². The number of anilines is 4. The fourth-order valence-electron chi connectivity index (χ4n) is 6.46. The molecule has 5 heteroatoms. The Labute approximate surface area is 267 Å². The number of nitrogens with zero attached hydrogens (tertiary/aromatic N) is 3. The van der Waals surface area contributed by atoms with Gasteiger partial charge in [-0.25, -0.2) is 4.98 Å². The lowest BCUT2D eigenvalue weighted by Gasteiger charge is -2.28. The number of nitrogens with two attached hydrogens (primary N) is 1. The monoisotopic (exact) mass is 584 g/mol. The predicted octanol–water partition coefficient (Wildman–Crippen LogP) is 9.54. The van der Waals surface area contributed by atoms with Gasteiger partial charge in [0.2, 0.25) is 0 Å². The van der Waals surface area contributed by atoms with Crippen LogP contribution in [0, 0.1) is 0 Å². The molecule has 0 spiro atoms. The third-order valence-corrected chi connectivity index (χ3v) is 8.75. The first-order chi connectivity index (χ1) is 21.9. The molecule has 0 aliphatic carbocycles. The predicted molar refractivity (Wildman–Crippen MR) is 190 cm³/mol. The first kappa shape index (κ1) is 28.6. The van der Waals surface area contributed by atoms with E-state index < -0.39 is 7.12 Å². The van der Waals surface area contributed by atoms with Crippen molar-refractivity contribution in [2.75, 3.05) is 9.62 Å². The molecule has 0 unspecified atom stereocenters. The Morgan fingerprint density at radius 3 is 1.73 bits per heavy atom. The van der Waals surface area contributed by atoms with Crippen LogP contribution in [0.2, 0.25) is 0 Å². The highest BCUT2D eigenvalue weighted by Crippen LogP contribution is 2.46. The van der Waals surface area contributed by atoms with Crippen LogP contribution < -0.4 is 15.3 Å². The Bertz CT molecular complexity index is 1890. The zero-order valence-electron chi connectivity index (χ0n) is 26.1. The molecule has 0 amide bonds. The maximum absolute atomic E-state index is 7.21. The summed E-state index contributed by atoms with van der Waals surface area (Å²) in [5, 5.41) is 0. The summed E-state index contributed by atoms with van der Waals surface area (Å²) in [6.45, 7) is 6.68. The number of para-hydroxylation sites is 3. The van der Waals surface area contributed by atoms with Crippen LogP contribution in [-0.4, -0.2) is 12.1 Å². The fraction of sp³-hybridized carbons (Fsp3) is 0.125. The second kappa shape index (κ2) is 11.8. The molecule has 7 rings (SSSR count). The van der Waals surface area contributed by atoms with Gasteiger partial charge in [0.1, 0.15) is 5.82 Å². The summed E-state index contributed by atoms with van der Waals surface area (Å²) >= 11 is 0. The number of rotatable bonds is 6. The summed E-state index contributed by atoms with van der Waals surface area (Å²) in [6, 6.07) is 49.4. The molecule has 0 bridgehead atoms.